The molecule has 0 aliphatic heterocycles. The first kappa shape index (κ1) is 21.3. The van der Waals surface area contributed by atoms with Crippen molar-refractivity contribution in [3.8, 4) is 5.75 Å². The van der Waals surface area contributed by atoms with Crippen LogP contribution in [0.1, 0.15) is 22.8 Å². The number of carbonyl (C=O) groups excluding carboxylic acids is 2. The number of amides is 1. The van der Waals surface area contributed by atoms with E-state index < -0.39 is 44.8 Å². The van der Waals surface area contributed by atoms with Crippen molar-refractivity contribution in [2.45, 2.75) is 20.0 Å². The first-order valence-corrected chi connectivity index (χ1v) is 8.24. The Morgan fingerprint density at radius 1 is 1.07 bits per heavy atom. The van der Waals surface area contributed by atoms with E-state index in [0.717, 1.165) is 12.1 Å². The minimum Gasteiger partial charge on any atom is -0.495 e. The van der Waals surface area contributed by atoms with E-state index in [1.165, 1.54) is 21.0 Å². The van der Waals surface area contributed by atoms with Crippen LogP contribution in [0.15, 0.2) is 36.4 Å². The maximum absolute atomic E-state index is 12.3. The van der Waals surface area contributed by atoms with Gasteiger partial charge in [0.1, 0.15) is 11.3 Å². The van der Waals surface area contributed by atoms with Crippen LogP contribution in [0.2, 0.25) is 0 Å². The van der Waals surface area contributed by atoms with Crippen molar-refractivity contribution in [1.82, 2.24) is 0 Å². The highest BCUT2D eigenvalue weighted by Gasteiger charge is 2.27. The van der Waals surface area contributed by atoms with Crippen molar-refractivity contribution < 1.29 is 28.9 Å². The molecule has 1 atom stereocenters. The average Bonchev–Trinajstić information content (AvgIpc) is 2.67. The molecule has 0 aliphatic rings. The van der Waals surface area contributed by atoms with Gasteiger partial charge in [-0.05, 0) is 26.0 Å². The highest BCUT2D eigenvalue weighted by atomic mass is 16.6. The van der Waals surface area contributed by atoms with Crippen LogP contribution >= 0.6 is 0 Å². The van der Waals surface area contributed by atoms with Crippen LogP contribution in [-0.4, -0.2) is 34.9 Å². The molecule has 0 bridgehead atoms. The molecule has 0 saturated heterocycles. The summed E-state index contributed by atoms with van der Waals surface area (Å²) in [6.07, 6.45) is -1.29. The van der Waals surface area contributed by atoms with Gasteiger partial charge in [0.15, 0.2) is 6.10 Å². The summed E-state index contributed by atoms with van der Waals surface area (Å²) in [5.74, 6) is -1.40. The summed E-state index contributed by atoms with van der Waals surface area (Å²) >= 11 is 0. The molecule has 0 radical (unpaired) electrons. The highest BCUT2D eigenvalue weighted by Crippen LogP contribution is 2.30. The molecule has 11 nitrogen and oxygen atoms in total. The van der Waals surface area contributed by atoms with Crippen molar-refractivity contribution >= 4 is 28.9 Å². The molecule has 0 spiro atoms. The number of hydrogen-bond donors (Lipinski definition) is 1. The second kappa shape index (κ2) is 8.78. The minimum atomic E-state index is -1.29. The topological polar surface area (TPSA) is 151 Å². The van der Waals surface area contributed by atoms with Gasteiger partial charge in [-0.2, -0.15) is 0 Å². The first-order chi connectivity index (χ1) is 13.6. The predicted octanol–water partition coefficient (Wildman–Crippen LogP) is 3.00. The predicted molar refractivity (Wildman–Crippen MR) is 101 cm³/mol. The van der Waals surface area contributed by atoms with Gasteiger partial charge in [-0.3, -0.25) is 25.0 Å². The van der Waals surface area contributed by atoms with Crippen molar-refractivity contribution in [3.63, 3.8) is 0 Å². The van der Waals surface area contributed by atoms with Gasteiger partial charge in [0.25, 0.3) is 17.3 Å². The number of ether oxygens (including phenoxy) is 2. The summed E-state index contributed by atoms with van der Waals surface area (Å²) < 4.78 is 10.1. The third kappa shape index (κ3) is 4.83. The number of methoxy groups -OCH3 is 1. The fourth-order valence-corrected chi connectivity index (χ4v) is 2.45. The summed E-state index contributed by atoms with van der Waals surface area (Å²) in [5.41, 5.74) is -1.46. The lowest BCUT2D eigenvalue weighted by molar-refractivity contribution is -0.395. The number of hydrogen-bond acceptors (Lipinski definition) is 8. The zero-order valence-corrected chi connectivity index (χ0v) is 15.7. The summed E-state index contributed by atoms with van der Waals surface area (Å²) in [5, 5.41) is 24.8. The SMILES string of the molecule is COc1ccccc1NC(=O)C(C)OC(=O)c1cc([N+](=O)[O-])c(C)c([N+](=O)[O-])c1. The number of nitrogens with one attached hydrogen (secondary N) is 1. The van der Waals surface area contributed by atoms with Gasteiger partial charge in [0.05, 0.1) is 28.2 Å². The van der Waals surface area contributed by atoms with Gasteiger partial charge in [-0.15, -0.1) is 0 Å². The van der Waals surface area contributed by atoms with E-state index in [2.05, 4.69) is 5.32 Å². The van der Waals surface area contributed by atoms with Gasteiger partial charge in [0, 0.05) is 12.1 Å². The van der Waals surface area contributed by atoms with Crippen molar-refractivity contribution in [3.05, 3.63) is 67.8 Å². The summed E-state index contributed by atoms with van der Waals surface area (Å²) in [6, 6.07) is 8.31. The molecule has 152 valence electrons. The second-order valence-electron chi connectivity index (χ2n) is 5.89. The molecule has 0 aromatic heterocycles. The van der Waals surface area contributed by atoms with Gasteiger partial charge < -0.3 is 14.8 Å². The molecule has 2 aromatic rings. The van der Waals surface area contributed by atoms with E-state index >= 15 is 0 Å². The van der Waals surface area contributed by atoms with Gasteiger partial charge >= 0.3 is 5.97 Å². The number of benzene rings is 2. The van der Waals surface area contributed by atoms with Crippen LogP contribution in [0, 0.1) is 27.2 Å². The van der Waals surface area contributed by atoms with Crippen LogP contribution in [-0.2, 0) is 9.53 Å². The monoisotopic (exact) mass is 403 g/mol. The Morgan fingerprint density at radius 3 is 2.14 bits per heavy atom. The second-order valence-corrected chi connectivity index (χ2v) is 5.89. The molecule has 29 heavy (non-hydrogen) atoms. The number of carbonyl (C=O) groups is 2. The molecule has 1 amide bonds. The van der Waals surface area contributed by atoms with Crippen molar-refractivity contribution in [2.75, 3.05) is 12.4 Å². The fourth-order valence-electron chi connectivity index (χ4n) is 2.45. The molecule has 2 rings (SSSR count). The lowest BCUT2D eigenvalue weighted by atomic mass is 10.1. The first-order valence-electron chi connectivity index (χ1n) is 8.24. The Labute approximate surface area is 164 Å². The number of nitro groups is 2. The molecule has 2 aromatic carbocycles. The van der Waals surface area contributed by atoms with Crippen LogP contribution in [0.3, 0.4) is 0 Å². The molecule has 1 unspecified atom stereocenters. The maximum atomic E-state index is 12.3. The summed E-state index contributed by atoms with van der Waals surface area (Å²) in [7, 11) is 1.42. The average molecular weight is 403 g/mol. The number of para-hydroxylation sites is 2. The van der Waals surface area contributed by atoms with E-state index in [1.54, 1.807) is 24.3 Å². The molecule has 1 N–H and O–H groups in total. The largest absolute Gasteiger partial charge is 0.495 e. The summed E-state index contributed by atoms with van der Waals surface area (Å²) in [4.78, 5) is 45.2. The van der Waals surface area contributed by atoms with E-state index in [1.807, 2.05) is 0 Å². The molecule has 0 aliphatic carbocycles. The van der Waals surface area contributed by atoms with Crippen LogP contribution < -0.4 is 10.1 Å². The Morgan fingerprint density at radius 2 is 1.62 bits per heavy atom. The Kier molecular flexibility index (Phi) is 6.44. The lowest BCUT2D eigenvalue weighted by Crippen LogP contribution is -2.30. The summed E-state index contributed by atoms with van der Waals surface area (Å²) in [6.45, 7) is 2.49. The molecular formula is C18H17N3O8. The smallest absolute Gasteiger partial charge is 0.339 e. The molecule has 0 heterocycles. The number of anilines is 1. The fraction of sp³-hybridized carbons (Fsp3) is 0.222. The maximum Gasteiger partial charge on any atom is 0.339 e. The van der Waals surface area contributed by atoms with Crippen LogP contribution in [0.25, 0.3) is 0 Å². The van der Waals surface area contributed by atoms with Gasteiger partial charge in [-0.25, -0.2) is 4.79 Å². The third-order valence-electron chi connectivity index (χ3n) is 4.00. The van der Waals surface area contributed by atoms with Gasteiger partial charge in [0.2, 0.25) is 0 Å². The number of rotatable bonds is 7. The Hall–Kier alpha value is -4.02. The molecule has 11 heteroatoms. The zero-order valence-electron chi connectivity index (χ0n) is 15.7. The Bertz CT molecular complexity index is 954. The van der Waals surface area contributed by atoms with Crippen LogP contribution in [0.4, 0.5) is 17.1 Å². The van der Waals surface area contributed by atoms with E-state index in [4.69, 9.17) is 9.47 Å². The number of esters is 1. The Balaban J connectivity index is 2.21. The number of nitro benzene ring substituents is 2. The van der Waals surface area contributed by atoms with E-state index in [0.29, 0.717) is 11.4 Å². The zero-order chi connectivity index (χ0) is 21.7. The lowest BCUT2D eigenvalue weighted by Gasteiger charge is -2.15. The van der Waals surface area contributed by atoms with E-state index in [-0.39, 0.29) is 5.56 Å². The van der Waals surface area contributed by atoms with E-state index in [9.17, 15) is 29.8 Å². The van der Waals surface area contributed by atoms with Crippen molar-refractivity contribution in [1.29, 1.82) is 0 Å². The molecular weight excluding hydrogens is 386 g/mol. The normalized spacial score (nSPS) is 11.3. The van der Waals surface area contributed by atoms with Crippen LogP contribution in [0.5, 0.6) is 5.75 Å². The standard InChI is InChI=1S/C18H17N3O8/c1-10-14(20(24)25)8-12(9-15(10)21(26)27)18(23)29-11(2)17(22)19-13-6-4-5-7-16(13)28-3/h4-9,11H,1-3H3,(H,19,22). The van der Waals surface area contributed by atoms with Crippen molar-refractivity contribution in [2.24, 2.45) is 0 Å². The molecule has 0 saturated carbocycles. The molecule has 0 fully saturated rings. The quantitative estimate of drug-likeness (QED) is 0.421. The third-order valence-corrected chi connectivity index (χ3v) is 4.00. The highest BCUT2D eigenvalue weighted by molar-refractivity contribution is 5.98. The van der Waals surface area contributed by atoms with Gasteiger partial charge in [-0.1, -0.05) is 12.1 Å². The number of nitrogens with zero attached hydrogens (tertiary/aromatic N) is 2. The minimum absolute atomic E-state index is 0.196.